The Morgan fingerprint density at radius 2 is 1.57 bits per heavy atom. The number of carbonyl (C=O) groups excluding carboxylic acids is 3. The SMILES string of the molecule is CC(C(=O)NCc1ccc(Cl)c(C(=O)Nc2ccc(OCC(F)F)c(C(=O)Nc3ccc(Br)cc3)c2)c1)N1CCCC1. The molecule has 3 aromatic carbocycles. The molecule has 1 heterocycles. The quantitative estimate of drug-likeness (QED) is 0.222. The molecule has 0 spiro atoms. The smallest absolute Gasteiger partial charge is 0.272 e. The van der Waals surface area contributed by atoms with E-state index in [2.05, 4.69) is 36.8 Å². The summed E-state index contributed by atoms with van der Waals surface area (Å²) in [6, 6.07) is 15.5. The van der Waals surface area contributed by atoms with Crippen LogP contribution in [0.15, 0.2) is 65.1 Å². The second kappa shape index (κ2) is 14.6. The third kappa shape index (κ3) is 8.50. The second-order valence-electron chi connectivity index (χ2n) is 9.78. The maximum Gasteiger partial charge on any atom is 0.272 e. The van der Waals surface area contributed by atoms with E-state index in [1.165, 1.54) is 18.2 Å². The molecule has 3 aromatic rings. The molecule has 3 amide bonds. The zero-order valence-electron chi connectivity index (χ0n) is 22.8. The van der Waals surface area contributed by atoms with Gasteiger partial charge in [0.2, 0.25) is 5.91 Å². The number of alkyl halides is 2. The summed E-state index contributed by atoms with van der Waals surface area (Å²) in [5.74, 6) is -1.33. The third-order valence-corrected chi connectivity index (χ3v) is 7.62. The number of benzene rings is 3. The monoisotopic (exact) mass is 662 g/mol. The van der Waals surface area contributed by atoms with E-state index < -0.39 is 24.8 Å². The van der Waals surface area contributed by atoms with Crippen LogP contribution in [0.1, 0.15) is 46.0 Å². The zero-order valence-corrected chi connectivity index (χ0v) is 25.1. The first-order chi connectivity index (χ1) is 20.1. The van der Waals surface area contributed by atoms with Crippen molar-refractivity contribution in [3.63, 3.8) is 0 Å². The van der Waals surface area contributed by atoms with Crippen molar-refractivity contribution in [3.8, 4) is 5.75 Å². The van der Waals surface area contributed by atoms with Crippen LogP contribution in [0.3, 0.4) is 0 Å². The van der Waals surface area contributed by atoms with E-state index in [-0.39, 0.29) is 46.1 Å². The van der Waals surface area contributed by atoms with Gasteiger partial charge in [-0.1, -0.05) is 33.6 Å². The average molecular weight is 664 g/mol. The number of ether oxygens (including phenoxy) is 1. The molecule has 1 saturated heterocycles. The van der Waals surface area contributed by atoms with Crippen LogP contribution in [-0.4, -0.2) is 54.8 Å². The Bertz CT molecular complexity index is 1440. The van der Waals surface area contributed by atoms with E-state index in [1.54, 1.807) is 42.5 Å². The summed E-state index contributed by atoms with van der Waals surface area (Å²) in [6.07, 6.45) is -0.582. The van der Waals surface area contributed by atoms with Crippen molar-refractivity contribution in [3.05, 3.63) is 86.8 Å². The fourth-order valence-corrected chi connectivity index (χ4v) is 4.95. The van der Waals surface area contributed by atoms with Crippen LogP contribution in [-0.2, 0) is 11.3 Å². The summed E-state index contributed by atoms with van der Waals surface area (Å²) in [5, 5.41) is 8.49. The largest absolute Gasteiger partial charge is 0.487 e. The molecule has 1 atom stereocenters. The number of hydrogen-bond donors (Lipinski definition) is 3. The summed E-state index contributed by atoms with van der Waals surface area (Å²) in [4.78, 5) is 41.0. The van der Waals surface area contributed by atoms with Crippen LogP contribution >= 0.6 is 27.5 Å². The number of amides is 3. The number of anilines is 2. The Balaban J connectivity index is 1.48. The van der Waals surface area contributed by atoms with Gasteiger partial charge in [0, 0.05) is 22.4 Å². The summed E-state index contributed by atoms with van der Waals surface area (Å²) >= 11 is 9.65. The van der Waals surface area contributed by atoms with E-state index in [0.29, 0.717) is 11.3 Å². The fraction of sp³-hybridized carbons (Fsp3) is 0.300. The van der Waals surface area contributed by atoms with Crippen molar-refractivity contribution >= 4 is 56.6 Å². The van der Waals surface area contributed by atoms with E-state index in [0.717, 1.165) is 30.4 Å². The lowest BCUT2D eigenvalue weighted by atomic mass is 10.1. The van der Waals surface area contributed by atoms with Gasteiger partial charge in [0.15, 0.2) is 0 Å². The molecule has 12 heteroatoms. The Hall–Kier alpha value is -3.54. The highest BCUT2D eigenvalue weighted by Crippen LogP contribution is 2.27. The van der Waals surface area contributed by atoms with Crippen molar-refractivity contribution in [1.29, 1.82) is 0 Å². The van der Waals surface area contributed by atoms with Gasteiger partial charge in [0.25, 0.3) is 18.2 Å². The zero-order chi connectivity index (χ0) is 30.2. The van der Waals surface area contributed by atoms with Gasteiger partial charge in [-0.15, -0.1) is 0 Å². The lowest BCUT2D eigenvalue weighted by Crippen LogP contribution is -2.43. The molecule has 0 radical (unpaired) electrons. The molecule has 1 aliphatic rings. The van der Waals surface area contributed by atoms with Crippen LogP contribution in [0, 0.1) is 0 Å². The molecule has 3 N–H and O–H groups in total. The Morgan fingerprint density at radius 1 is 0.929 bits per heavy atom. The second-order valence-corrected chi connectivity index (χ2v) is 11.1. The molecule has 8 nitrogen and oxygen atoms in total. The summed E-state index contributed by atoms with van der Waals surface area (Å²) < 4.78 is 31.6. The average Bonchev–Trinajstić information content (AvgIpc) is 3.51. The minimum absolute atomic E-state index is 0.0500. The van der Waals surface area contributed by atoms with E-state index in [1.807, 2.05) is 6.92 Å². The van der Waals surface area contributed by atoms with E-state index in [4.69, 9.17) is 16.3 Å². The van der Waals surface area contributed by atoms with Crippen LogP contribution < -0.4 is 20.7 Å². The van der Waals surface area contributed by atoms with Gasteiger partial charge in [-0.25, -0.2) is 8.78 Å². The standard InChI is InChI=1S/C30H30BrClF2N4O4/c1-18(38-12-2-3-13-38)28(39)35-16-19-4-10-25(32)23(14-19)29(40)37-22-9-11-26(42-17-27(33)34)24(15-22)30(41)36-21-7-5-20(31)6-8-21/h4-11,14-15,18,27H,2-3,12-13,16-17H2,1H3,(H,35,39)(H,36,41)(H,37,40). The molecular formula is C30H30BrClF2N4O4. The lowest BCUT2D eigenvalue weighted by molar-refractivity contribution is -0.125. The predicted octanol–water partition coefficient (Wildman–Crippen LogP) is 6.35. The minimum atomic E-state index is -2.74. The van der Waals surface area contributed by atoms with E-state index >= 15 is 0 Å². The molecule has 222 valence electrons. The molecule has 1 unspecified atom stereocenters. The molecule has 1 fully saturated rings. The fourth-order valence-electron chi connectivity index (χ4n) is 4.48. The third-order valence-electron chi connectivity index (χ3n) is 6.76. The highest BCUT2D eigenvalue weighted by atomic mass is 79.9. The molecule has 0 aromatic heterocycles. The van der Waals surface area contributed by atoms with Crippen molar-refractivity contribution in [2.24, 2.45) is 0 Å². The molecule has 0 bridgehead atoms. The maximum atomic E-state index is 13.2. The topological polar surface area (TPSA) is 99.8 Å². The van der Waals surface area contributed by atoms with Crippen LogP contribution in [0.5, 0.6) is 5.75 Å². The number of likely N-dealkylation sites (tertiary alicyclic amines) is 1. The first kappa shape index (κ1) is 31.4. The van der Waals surface area contributed by atoms with Gasteiger partial charge < -0.3 is 20.7 Å². The van der Waals surface area contributed by atoms with Crippen molar-refractivity contribution in [2.75, 3.05) is 30.3 Å². The van der Waals surface area contributed by atoms with Gasteiger partial charge in [0.05, 0.1) is 22.2 Å². The van der Waals surface area contributed by atoms with Crippen molar-refractivity contribution in [2.45, 2.75) is 38.8 Å². The van der Waals surface area contributed by atoms with Gasteiger partial charge in [-0.05, 0) is 93.0 Å². The highest BCUT2D eigenvalue weighted by Gasteiger charge is 2.24. The summed E-state index contributed by atoms with van der Waals surface area (Å²) in [7, 11) is 0. The molecule has 0 aliphatic carbocycles. The normalized spacial score (nSPS) is 14.0. The van der Waals surface area contributed by atoms with E-state index in [9.17, 15) is 23.2 Å². The maximum absolute atomic E-state index is 13.2. The molecule has 1 aliphatic heterocycles. The van der Waals surface area contributed by atoms with Crippen molar-refractivity contribution in [1.82, 2.24) is 10.2 Å². The summed E-state index contributed by atoms with van der Waals surface area (Å²) in [5.41, 5.74) is 1.49. The first-order valence-corrected chi connectivity index (χ1v) is 14.5. The lowest BCUT2D eigenvalue weighted by Gasteiger charge is -2.22. The molecule has 42 heavy (non-hydrogen) atoms. The number of nitrogens with one attached hydrogen (secondary N) is 3. The highest BCUT2D eigenvalue weighted by molar-refractivity contribution is 9.10. The molecular weight excluding hydrogens is 634 g/mol. The molecule has 4 rings (SSSR count). The molecule has 0 saturated carbocycles. The van der Waals surface area contributed by atoms with Gasteiger partial charge >= 0.3 is 0 Å². The Morgan fingerprint density at radius 3 is 2.26 bits per heavy atom. The number of halogens is 4. The number of carbonyl (C=O) groups is 3. The van der Waals surface area contributed by atoms with Crippen LogP contribution in [0.25, 0.3) is 0 Å². The Kier molecular flexibility index (Phi) is 10.9. The van der Waals surface area contributed by atoms with Crippen LogP contribution in [0.2, 0.25) is 5.02 Å². The Labute approximate surface area is 255 Å². The van der Waals surface area contributed by atoms with Gasteiger partial charge in [-0.3, -0.25) is 19.3 Å². The van der Waals surface area contributed by atoms with Crippen molar-refractivity contribution < 1.29 is 27.9 Å². The minimum Gasteiger partial charge on any atom is -0.487 e. The number of nitrogens with zero attached hydrogens (tertiary/aromatic N) is 1. The van der Waals surface area contributed by atoms with Gasteiger partial charge in [-0.2, -0.15) is 0 Å². The first-order valence-electron chi connectivity index (χ1n) is 13.3. The van der Waals surface area contributed by atoms with Crippen LogP contribution in [0.4, 0.5) is 20.2 Å². The predicted molar refractivity (Wildman–Crippen MR) is 162 cm³/mol. The number of hydrogen-bond acceptors (Lipinski definition) is 5. The van der Waals surface area contributed by atoms with Gasteiger partial charge in [0.1, 0.15) is 12.4 Å². The summed E-state index contributed by atoms with van der Waals surface area (Å²) in [6.45, 7) is 2.98. The number of rotatable bonds is 11.